The molecule has 1 aromatic rings. The molecule has 0 saturated carbocycles. The molecule has 0 fully saturated rings. The van der Waals surface area contributed by atoms with Crippen LogP contribution in [0, 0.1) is 0 Å². The van der Waals surface area contributed by atoms with Gasteiger partial charge in [0, 0.05) is 0 Å². The van der Waals surface area contributed by atoms with Crippen molar-refractivity contribution >= 4 is 8.32 Å². The summed E-state index contributed by atoms with van der Waals surface area (Å²) in [5.41, 5.74) is 1.16. The van der Waals surface area contributed by atoms with E-state index >= 15 is 0 Å². The second-order valence-corrected chi connectivity index (χ2v) is 15.2. The third-order valence-electron chi connectivity index (χ3n) is 6.21. The van der Waals surface area contributed by atoms with Crippen molar-refractivity contribution in [2.24, 2.45) is 0 Å². The Kier molecular flexibility index (Phi) is 22.0. The largest absolute Gasteiger partial charge is 0.414 e. The summed E-state index contributed by atoms with van der Waals surface area (Å²) in [5.74, 6) is 0. The summed E-state index contributed by atoms with van der Waals surface area (Å²) in [6.07, 6.45) is 0. The van der Waals surface area contributed by atoms with E-state index in [1.54, 1.807) is 0 Å². The van der Waals surface area contributed by atoms with Gasteiger partial charge in [-0.2, -0.15) is 0 Å². The summed E-state index contributed by atoms with van der Waals surface area (Å²) in [6, 6.07) is 10.1. The monoisotopic (exact) mass is 574 g/mol. The summed E-state index contributed by atoms with van der Waals surface area (Å²) in [5, 5.41) is 0.223. The Bertz CT molecular complexity index is 656. The molecule has 1 rings (SSSR count). The van der Waals surface area contributed by atoms with Crippen molar-refractivity contribution in [3.05, 3.63) is 35.9 Å². The molecule has 0 aromatic heterocycles. The average Bonchev–Trinajstić information content (AvgIpc) is 2.90. The first-order chi connectivity index (χ1) is 18.8. The predicted octanol–water partition coefficient (Wildman–Crippen LogP) is 4.34. The van der Waals surface area contributed by atoms with Crippen LogP contribution in [0.1, 0.15) is 26.3 Å². The number of ether oxygens (including phenoxy) is 8. The van der Waals surface area contributed by atoms with Crippen LogP contribution in [0.2, 0.25) is 18.1 Å². The number of hydrogen-bond acceptors (Lipinski definition) is 9. The normalized spacial score (nSPS) is 12.3. The van der Waals surface area contributed by atoms with Gasteiger partial charge in [0.2, 0.25) is 0 Å². The molecule has 10 heteroatoms. The summed E-state index contributed by atoms with van der Waals surface area (Å²) in [7, 11) is -1.69. The summed E-state index contributed by atoms with van der Waals surface area (Å²) >= 11 is 0. The fraction of sp³-hybridized carbons (Fsp3) is 0.793. The Labute approximate surface area is 237 Å². The van der Waals surface area contributed by atoms with Crippen LogP contribution >= 0.6 is 0 Å². The van der Waals surface area contributed by atoms with E-state index in [0.29, 0.717) is 112 Å². The molecule has 0 unspecified atom stereocenters. The van der Waals surface area contributed by atoms with Crippen LogP contribution < -0.4 is 0 Å². The third kappa shape index (κ3) is 21.5. The lowest BCUT2D eigenvalue weighted by atomic mass is 10.2. The van der Waals surface area contributed by atoms with Gasteiger partial charge >= 0.3 is 0 Å². The second kappa shape index (κ2) is 23.7. The first-order valence-electron chi connectivity index (χ1n) is 14.1. The first kappa shape index (κ1) is 36.1. The van der Waals surface area contributed by atoms with Gasteiger partial charge in [0.1, 0.15) is 0 Å². The minimum Gasteiger partial charge on any atom is -0.414 e. The van der Waals surface area contributed by atoms with Crippen LogP contribution in [-0.2, 0) is 48.9 Å². The highest BCUT2D eigenvalue weighted by Gasteiger charge is 2.36. The van der Waals surface area contributed by atoms with E-state index in [4.69, 9.17) is 42.3 Å². The average molecular weight is 575 g/mol. The van der Waals surface area contributed by atoms with E-state index in [2.05, 4.69) is 33.9 Å². The molecule has 0 aliphatic carbocycles. The highest BCUT2D eigenvalue weighted by molar-refractivity contribution is 6.74. The Morgan fingerprint density at radius 2 is 0.769 bits per heavy atom. The molecule has 0 aliphatic rings. The van der Waals surface area contributed by atoms with Crippen LogP contribution in [0.15, 0.2) is 30.3 Å². The third-order valence-corrected chi connectivity index (χ3v) is 10.8. The maximum absolute atomic E-state index is 6.07. The second-order valence-electron chi connectivity index (χ2n) is 10.4. The molecule has 0 radical (unpaired) electrons. The van der Waals surface area contributed by atoms with Gasteiger partial charge in [0.25, 0.3) is 0 Å². The molecule has 0 bridgehead atoms. The Morgan fingerprint density at radius 3 is 1.10 bits per heavy atom. The van der Waals surface area contributed by atoms with Crippen LogP contribution in [0.4, 0.5) is 0 Å². The Balaban J connectivity index is 1.68. The molecule has 1 aromatic carbocycles. The predicted molar refractivity (Wildman–Crippen MR) is 155 cm³/mol. The minimum absolute atomic E-state index is 0.223. The quantitative estimate of drug-likeness (QED) is 0.113. The standard InChI is InChI=1S/C29H54O9Si/c1-29(2,3)39(4,5)38-26-25-36-22-21-34-18-17-32-14-13-30-11-12-31-15-16-33-19-20-35-23-24-37-27-28-9-7-6-8-10-28/h6-10H,11-27H2,1-5H3. The van der Waals surface area contributed by atoms with E-state index < -0.39 is 8.32 Å². The molecule has 0 aliphatic heterocycles. The SMILES string of the molecule is CC(C)(C)[Si](C)(C)OCCOCCOCCOCCOCCOCCOCCOCCOCc1ccccc1. The van der Waals surface area contributed by atoms with Gasteiger partial charge in [-0.3, -0.25) is 0 Å². The Hall–Kier alpha value is -0.923. The number of hydrogen-bond donors (Lipinski definition) is 0. The van der Waals surface area contributed by atoms with E-state index in [-0.39, 0.29) is 5.04 Å². The van der Waals surface area contributed by atoms with Gasteiger partial charge in [0.15, 0.2) is 8.32 Å². The molecule has 0 saturated heterocycles. The van der Waals surface area contributed by atoms with Gasteiger partial charge in [-0.25, -0.2) is 0 Å². The number of benzene rings is 1. The highest BCUT2D eigenvalue weighted by atomic mass is 28.4. The summed E-state index contributed by atoms with van der Waals surface area (Å²) in [6.45, 7) is 20.7. The van der Waals surface area contributed by atoms with Gasteiger partial charge in [-0.05, 0) is 23.7 Å². The summed E-state index contributed by atoms with van der Waals surface area (Å²) < 4.78 is 50.2. The fourth-order valence-corrected chi connectivity index (χ4v) is 3.90. The molecule has 0 heterocycles. The molecule has 0 amide bonds. The first-order valence-corrected chi connectivity index (χ1v) is 17.0. The van der Waals surface area contributed by atoms with Crippen LogP contribution in [0.3, 0.4) is 0 Å². The maximum atomic E-state index is 6.07. The van der Waals surface area contributed by atoms with Crippen LogP contribution in [0.25, 0.3) is 0 Å². The van der Waals surface area contributed by atoms with Gasteiger partial charge in [-0.1, -0.05) is 51.1 Å². The smallest absolute Gasteiger partial charge is 0.192 e. The molecule has 0 atom stereocenters. The molecule has 228 valence electrons. The van der Waals surface area contributed by atoms with Crippen LogP contribution in [-0.4, -0.2) is 114 Å². The molecule has 0 spiro atoms. The molecular weight excluding hydrogens is 520 g/mol. The van der Waals surface area contributed by atoms with Crippen molar-refractivity contribution in [3.63, 3.8) is 0 Å². The lowest BCUT2D eigenvalue weighted by Gasteiger charge is -2.36. The topological polar surface area (TPSA) is 83.1 Å². The van der Waals surface area contributed by atoms with E-state index in [1.165, 1.54) is 0 Å². The molecule has 0 N–H and O–H groups in total. The van der Waals surface area contributed by atoms with Crippen molar-refractivity contribution in [1.29, 1.82) is 0 Å². The van der Waals surface area contributed by atoms with Gasteiger partial charge in [-0.15, -0.1) is 0 Å². The Morgan fingerprint density at radius 1 is 0.462 bits per heavy atom. The van der Waals surface area contributed by atoms with Gasteiger partial charge in [0.05, 0.1) is 112 Å². The van der Waals surface area contributed by atoms with E-state index in [0.717, 1.165) is 5.56 Å². The van der Waals surface area contributed by atoms with Crippen LogP contribution in [0.5, 0.6) is 0 Å². The lowest BCUT2D eigenvalue weighted by Crippen LogP contribution is -2.41. The zero-order valence-corrected chi connectivity index (χ0v) is 26.1. The van der Waals surface area contributed by atoms with E-state index in [1.807, 2.05) is 30.3 Å². The lowest BCUT2D eigenvalue weighted by molar-refractivity contribution is -0.0241. The van der Waals surface area contributed by atoms with Crippen molar-refractivity contribution in [2.45, 2.75) is 45.5 Å². The fourth-order valence-electron chi connectivity index (χ4n) is 2.88. The summed E-state index contributed by atoms with van der Waals surface area (Å²) in [4.78, 5) is 0. The molecule has 9 nitrogen and oxygen atoms in total. The molecular formula is C29H54O9Si. The highest BCUT2D eigenvalue weighted by Crippen LogP contribution is 2.36. The van der Waals surface area contributed by atoms with E-state index in [9.17, 15) is 0 Å². The zero-order chi connectivity index (χ0) is 28.5. The maximum Gasteiger partial charge on any atom is 0.192 e. The number of rotatable bonds is 27. The van der Waals surface area contributed by atoms with Crippen molar-refractivity contribution in [1.82, 2.24) is 0 Å². The minimum atomic E-state index is -1.69. The van der Waals surface area contributed by atoms with Crippen molar-refractivity contribution < 1.29 is 42.3 Å². The van der Waals surface area contributed by atoms with Crippen molar-refractivity contribution in [3.8, 4) is 0 Å². The zero-order valence-electron chi connectivity index (χ0n) is 25.1. The van der Waals surface area contributed by atoms with Gasteiger partial charge < -0.3 is 42.3 Å². The molecule has 39 heavy (non-hydrogen) atoms. The van der Waals surface area contributed by atoms with Crippen molar-refractivity contribution in [2.75, 3.05) is 106 Å².